The third kappa shape index (κ3) is 5.33. The van der Waals surface area contributed by atoms with Crippen LogP contribution in [0.4, 0.5) is 0 Å². The number of likely N-dealkylation sites (N-methyl/N-ethyl adjacent to an activating group) is 2. The number of nitrogens with zero attached hydrogens (tertiary/aromatic N) is 2. The van der Waals surface area contributed by atoms with Crippen LogP contribution in [-0.4, -0.2) is 60.4 Å². The van der Waals surface area contributed by atoms with Gasteiger partial charge in [-0.05, 0) is 40.7 Å². The summed E-state index contributed by atoms with van der Waals surface area (Å²) in [5.41, 5.74) is 0.960. The molecule has 0 spiro atoms. The van der Waals surface area contributed by atoms with E-state index in [1.165, 1.54) is 0 Å². The molecule has 20 heavy (non-hydrogen) atoms. The maximum atomic E-state index is 12.4. The minimum atomic E-state index is -0.306. The molecule has 1 aliphatic carbocycles. The molecular formula is C15H27N3O2. The molecule has 5 heteroatoms. The highest BCUT2D eigenvalue weighted by molar-refractivity contribution is 5.83. The molecule has 1 N–H and O–H groups in total. The van der Waals surface area contributed by atoms with E-state index >= 15 is 0 Å². The SMILES string of the molecule is C=C(C)CN(CC)C(=O)C(C)N(C)CC(=O)NC1CC1. The summed E-state index contributed by atoms with van der Waals surface area (Å²) in [6.07, 6.45) is 2.15. The summed E-state index contributed by atoms with van der Waals surface area (Å²) in [6.45, 7) is 11.0. The monoisotopic (exact) mass is 281 g/mol. The van der Waals surface area contributed by atoms with Gasteiger partial charge >= 0.3 is 0 Å². The van der Waals surface area contributed by atoms with Crippen LogP contribution >= 0.6 is 0 Å². The van der Waals surface area contributed by atoms with Crippen LogP contribution in [0, 0.1) is 0 Å². The molecule has 1 rings (SSSR count). The standard InChI is InChI=1S/C15H27N3O2/c1-6-18(9-11(2)3)15(20)12(4)17(5)10-14(19)16-13-7-8-13/h12-13H,2,6-10H2,1,3-5H3,(H,16,19). The molecule has 1 fully saturated rings. The van der Waals surface area contributed by atoms with Crippen molar-refractivity contribution >= 4 is 11.8 Å². The van der Waals surface area contributed by atoms with E-state index in [-0.39, 0.29) is 24.4 Å². The Labute approximate surface area is 122 Å². The lowest BCUT2D eigenvalue weighted by Gasteiger charge is -2.29. The molecule has 0 saturated heterocycles. The molecule has 1 aliphatic rings. The maximum absolute atomic E-state index is 12.4. The van der Waals surface area contributed by atoms with E-state index in [2.05, 4.69) is 11.9 Å². The van der Waals surface area contributed by atoms with Crippen LogP contribution in [0.1, 0.15) is 33.6 Å². The molecule has 114 valence electrons. The van der Waals surface area contributed by atoms with Gasteiger partial charge in [0.15, 0.2) is 0 Å². The number of hydrogen-bond acceptors (Lipinski definition) is 3. The van der Waals surface area contributed by atoms with Crippen molar-refractivity contribution in [1.82, 2.24) is 15.1 Å². The maximum Gasteiger partial charge on any atom is 0.239 e. The second-order valence-corrected chi connectivity index (χ2v) is 5.74. The first-order valence-electron chi connectivity index (χ1n) is 7.27. The minimum absolute atomic E-state index is 0.00222. The van der Waals surface area contributed by atoms with Crippen molar-refractivity contribution in [3.63, 3.8) is 0 Å². The van der Waals surface area contributed by atoms with Gasteiger partial charge in [0.25, 0.3) is 0 Å². The fourth-order valence-electron chi connectivity index (χ4n) is 1.99. The summed E-state index contributed by atoms with van der Waals surface area (Å²) < 4.78 is 0. The van der Waals surface area contributed by atoms with Gasteiger partial charge in [-0.25, -0.2) is 0 Å². The summed E-state index contributed by atoms with van der Waals surface area (Å²) in [6, 6.07) is 0.0525. The van der Waals surface area contributed by atoms with Gasteiger partial charge < -0.3 is 10.2 Å². The van der Waals surface area contributed by atoms with Gasteiger partial charge in [-0.15, -0.1) is 0 Å². The van der Waals surface area contributed by atoms with Crippen LogP contribution in [0.2, 0.25) is 0 Å². The van der Waals surface area contributed by atoms with E-state index in [0.717, 1.165) is 18.4 Å². The van der Waals surface area contributed by atoms with Crippen molar-refractivity contribution in [2.75, 3.05) is 26.7 Å². The summed E-state index contributed by atoms with van der Waals surface area (Å²) in [7, 11) is 1.81. The van der Waals surface area contributed by atoms with E-state index in [9.17, 15) is 9.59 Å². The quantitative estimate of drug-likeness (QED) is 0.676. The average molecular weight is 281 g/mol. The van der Waals surface area contributed by atoms with Crippen LogP contribution in [0.3, 0.4) is 0 Å². The lowest BCUT2D eigenvalue weighted by atomic mass is 10.2. The van der Waals surface area contributed by atoms with E-state index in [1.807, 2.05) is 27.8 Å². The number of rotatable bonds is 8. The Morgan fingerprint density at radius 3 is 2.40 bits per heavy atom. The zero-order valence-electron chi connectivity index (χ0n) is 13.1. The first-order valence-corrected chi connectivity index (χ1v) is 7.27. The average Bonchev–Trinajstić information content (AvgIpc) is 3.17. The third-order valence-corrected chi connectivity index (χ3v) is 3.51. The molecule has 0 heterocycles. The van der Waals surface area contributed by atoms with Gasteiger partial charge in [0.05, 0.1) is 12.6 Å². The second kappa shape index (κ2) is 7.43. The van der Waals surface area contributed by atoms with Crippen molar-refractivity contribution in [3.8, 4) is 0 Å². The largest absolute Gasteiger partial charge is 0.352 e. The third-order valence-electron chi connectivity index (χ3n) is 3.51. The molecular weight excluding hydrogens is 254 g/mol. The fourth-order valence-corrected chi connectivity index (χ4v) is 1.99. The summed E-state index contributed by atoms with van der Waals surface area (Å²) in [5, 5.41) is 2.93. The summed E-state index contributed by atoms with van der Waals surface area (Å²) >= 11 is 0. The lowest BCUT2D eigenvalue weighted by Crippen LogP contribution is -2.49. The summed E-state index contributed by atoms with van der Waals surface area (Å²) in [4.78, 5) is 27.7. The Bertz CT molecular complexity index is 377. The number of amides is 2. The van der Waals surface area contributed by atoms with Gasteiger partial charge in [-0.3, -0.25) is 14.5 Å². The Hall–Kier alpha value is -1.36. The number of hydrogen-bond donors (Lipinski definition) is 1. The van der Waals surface area contributed by atoms with Gasteiger partial charge in [-0.2, -0.15) is 0 Å². The molecule has 0 bridgehead atoms. The van der Waals surface area contributed by atoms with Crippen molar-refractivity contribution in [2.45, 2.75) is 45.7 Å². The Morgan fingerprint density at radius 1 is 1.35 bits per heavy atom. The first-order chi connectivity index (χ1) is 9.35. The highest BCUT2D eigenvalue weighted by Crippen LogP contribution is 2.18. The topological polar surface area (TPSA) is 52.7 Å². The van der Waals surface area contributed by atoms with Gasteiger partial charge in [-0.1, -0.05) is 12.2 Å². The van der Waals surface area contributed by atoms with Crippen LogP contribution in [0.5, 0.6) is 0 Å². The van der Waals surface area contributed by atoms with E-state index in [4.69, 9.17) is 0 Å². The number of carbonyl (C=O) groups excluding carboxylic acids is 2. The molecule has 0 aliphatic heterocycles. The first kappa shape index (κ1) is 16.7. The van der Waals surface area contributed by atoms with Crippen molar-refractivity contribution < 1.29 is 9.59 Å². The Kier molecular flexibility index (Phi) is 6.20. The minimum Gasteiger partial charge on any atom is -0.352 e. The van der Waals surface area contributed by atoms with Crippen LogP contribution in [0.25, 0.3) is 0 Å². The van der Waals surface area contributed by atoms with Gasteiger partial charge in [0.1, 0.15) is 0 Å². The zero-order valence-corrected chi connectivity index (χ0v) is 13.1. The lowest BCUT2D eigenvalue weighted by molar-refractivity contribution is -0.136. The van der Waals surface area contributed by atoms with E-state index < -0.39 is 0 Å². The normalized spacial score (nSPS) is 15.8. The van der Waals surface area contributed by atoms with E-state index in [0.29, 0.717) is 19.1 Å². The molecule has 0 aromatic heterocycles. The molecule has 1 unspecified atom stereocenters. The molecule has 5 nitrogen and oxygen atoms in total. The van der Waals surface area contributed by atoms with Crippen molar-refractivity contribution in [2.24, 2.45) is 0 Å². The Morgan fingerprint density at radius 2 is 1.95 bits per heavy atom. The van der Waals surface area contributed by atoms with E-state index in [1.54, 1.807) is 9.80 Å². The smallest absolute Gasteiger partial charge is 0.239 e. The van der Waals surface area contributed by atoms with Crippen molar-refractivity contribution in [1.29, 1.82) is 0 Å². The molecule has 1 atom stereocenters. The van der Waals surface area contributed by atoms with Crippen LogP contribution in [-0.2, 0) is 9.59 Å². The van der Waals surface area contributed by atoms with Crippen LogP contribution < -0.4 is 5.32 Å². The molecule has 0 aromatic rings. The molecule has 0 aromatic carbocycles. The second-order valence-electron chi connectivity index (χ2n) is 5.74. The highest BCUT2D eigenvalue weighted by atomic mass is 16.2. The number of carbonyl (C=O) groups is 2. The Balaban J connectivity index is 2.47. The van der Waals surface area contributed by atoms with Crippen molar-refractivity contribution in [3.05, 3.63) is 12.2 Å². The molecule has 1 saturated carbocycles. The number of nitrogens with one attached hydrogen (secondary N) is 1. The highest BCUT2D eigenvalue weighted by Gasteiger charge is 2.27. The predicted molar refractivity (Wildman–Crippen MR) is 80.3 cm³/mol. The van der Waals surface area contributed by atoms with Gasteiger partial charge in [0, 0.05) is 19.1 Å². The molecule has 2 amide bonds. The molecule has 0 radical (unpaired) electrons. The van der Waals surface area contributed by atoms with Crippen LogP contribution in [0.15, 0.2) is 12.2 Å². The van der Waals surface area contributed by atoms with Gasteiger partial charge in [0.2, 0.25) is 11.8 Å². The zero-order chi connectivity index (χ0) is 15.3. The summed E-state index contributed by atoms with van der Waals surface area (Å²) in [5.74, 6) is 0.0369. The fraction of sp³-hybridized carbons (Fsp3) is 0.733. The predicted octanol–water partition coefficient (Wildman–Crippen LogP) is 1.01.